The molecule has 0 spiro atoms. The normalized spacial score (nSPS) is 7.69. The van der Waals surface area contributed by atoms with Gasteiger partial charge < -0.3 is 24.6 Å². The monoisotopic (exact) mass is 206 g/mol. The van der Waals surface area contributed by atoms with Crippen LogP contribution in [-0.2, 0) is 4.79 Å². The predicted molar refractivity (Wildman–Crippen MR) is 48.8 cm³/mol. The van der Waals surface area contributed by atoms with Gasteiger partial charge in [-0.2, -0.15) is 0 Å². The summed E-state index contributed by atoms with van der Waals surface area (Å²) in [6.45, 7) is 2.00. The number of phenols is 1. The van der Waals surface area contributed by atoms with E-state index in [1.165, 1.54) is 0 Å². The van der Waals surface area contributed by atoms with Crippen molar-refractivity contribution in [1.29, 1.82) is 0 Å². The fourth-order valence-corrected chi connectivity index (χ4v) is 0.428. The molecule has 0 aliphatic carbocycles. The second-order valence-electron chi connectivity index (χ2n) is 1.60. The molecule has 13 heavy (non-hydrogen) atoms. The molecule has 1 rings (SSSR count). The van der Waals surface area contributed by atoms with E-state index >= 15 is 0 Å². The van der Waals surface area contributed by atoms with Crippen LogP contribution in [0, 0.1) is 0 Å². The molecule has 0 bridgehead atoms. The molecule has 0 amide bonds. The van der Waals surface area contributed by atoms with Gasteiger partial charge in [0.15, 0.2) is 0 Å². The molecule has 0 aliphatic heterocycles. The molecular weight excluding hydrogens is 195 g/mol. The molecule has 6 heteroatoms. The highest BCUT2D eigenvalue weighted by molar-refractivity contribution is 7.38. The summed E-state index contributed by atoms with van der Waals surface area (Å²) in [6, 6.07) is 8.71. The van der Waals surface area contributed by atoms with Crippen molar-refractivity contribution >= 4 is 15.4 Å². The van der Waals surface area contributed by atoms with E-state index in [1.807, 2.05) is 12.9 Å². The van der Waals surface area contributed by atoms with E-state index in [1.54, 1.807) is 24.3 Å². The zero-order valence-corrected chi connectivity index (χ0v) is 7.63. The van der Waals surface area contributed by atoms with Crippen LogP contribution >= 0.6 is 8.60 Å². The van der Waals surface area contributed by atoms with Gasteiger partial charge in [0.25, 0.3) is 0 Å². The first kappa shape index (κ1) is 14.5. The standard InChI is InChI=1S/C6H6O.CH2O.H3O3P/c7-6-4-2-1-3-5-6;1-2;1-4(2)3/h1-5,7H;1H2;1-3H. The largest absolute Gasteiger partial charge is 0.508 e. The third-order valence-electron chi connectivity index (χ3n) is 0.756. The number of benzene rings is 1. The lowest BCUT2D eigenvalue weighted by atomic mass is 10.3. The Morgan fingerprint density at radius 1 is 1.00 bits per heavy atom. The van der Waals surface area contributed by atoms with Crippen molar-refractivity contribution in [3.63, 3.8) is 0 Å². The number of rotatable bonds is 0. The second-order valence-corrected chi connectivity index (χ2v) is 2.14. The van der Waals surface area contributed by atoms with Gasteiger partial charge >= 0.3 is 8.60 Å². The van der Waals surface area contributed by atoms with Gasteiger partial charge in [0.2, 0.25) is 0 Å². The van der Waals surface area contributed by atoms with Crippen LogP contribution in [0.5, 0.6) is 5.75 Å². The van der Waals surface area contributed by atoms with E-state index in [4.69, 9.17) is 24.6 Å². The van der Waals surface area contributed by atoms with E-state index in [-0.39, 0.29) is 0 Å². The summed E-state index contributed by atoms with van der Waals surface area (Å²) in [7, 11) is -2.62. The fourth-order valence-electron chi connectivity index (χ4n) is 0.428. The quantitative estimate of drug-likeness (QED) is 0.460. The van der Waals surface area contributed by atoms with Gasteiger partial charge in [-0.1, -0.05) is 18.2 Å². The zero-order valence-electron chi connectivity index (χ0n) is 6.74. The molecule has 5 nitrogen and oxygen atoms in total. The minimum Gasteiger partial charge on any atom is -0.508 e. The maximum Gasteiger partial charge on any atom is 0.324 e. The number of phenolic OH excluding ortho intramolecular Hbond substituents is 1. The van der Waals surface area contributed by atoms with Crippen LogP contribution in [0.2, 0.25) is 0 Å². The number of hydrogen-bond donors (Lipinski definition) is 4. The zero-order chi connectivity index (χ0) is 10.7. The minimum atomic E-state index is -2.62. The summed E-state index contributed by atoms with van der Waals surface area (Å²) in [5.41, 5.74) is 0. The molecule has 4 N–H and O–H groups in total. The van der Waals surface area contributed by atoms with Gasteiger partial charge in [-0.05, 0) is 12.1 Å². The van der Waals surface area contributed by atoms with E-state index in [2.05, 4.69) is 0 Å². The Morgan fingerprint density at radius 3 is 1.46 bits per heavy atom. The number of carbonyl (C=O) groups excluding carboxylic acids is 1. The first-order chi connectivity index (χ1) is 6.13. The summed E-state index contributed by atoms with van der Waals surface area (Å²) >= 11 is 0. The van der Waals surface area contributed by atoms with Gasteiger partial charge in [0.1, 0.15) is 12.5 Å². The van der Waals surface area contributed by atoms with E-state index in [9.17, 15) is 0 Å². The topological polar surface area (TPSA) is 98.0 Å². The molecule has 0 saturated carbocycles. The summed E-state index contributed by atoms with van der Waals surface area (Å²) in [5.74, 6) is 0.322. The molecule has 0 unspecified atom stereocenters. The average molecular weight is 206 g/mol. The van der Waals surface area contributed by atoms with E-state index in [0.29, 0.717) is 5.75 Å². The maximum absolute atomic E-state index is 8.63. The molecule has 1 aromatic rings. The van der Waals surface area contributed by atoms with Crippen molar-refractivity contribution in [2.75, 3.05) is 0 Å². The molecule has 0 aromatic heterocycles. The lowest BCUT2D eigenvalue weighted by Crippen LogP contribution is -1.56. The molecule has 0 saturated heterocycles. The highest BCUT2D eigenvalue weighted by Gasteiger charge is 1.76. The SMILES string of the molecule is C=O.OP(O)O.Oc1ccccc1. The first-order valence-corrected chi connectivity index (χ1v) is 4.22. The van der Waals surface area contributed by atoms with Crippen molar-refractivity contribution in [3.8, 4) is 5.75 Å². The third-order valence-corrected chi connectivity index (χ3v) is 0.756. The number of carbonyl (C=O) groups is 1. The predicted octanol–water partition coefficient (Wildman–Crippen LogP) is 0.397. The van der Waals surface area contributed by atoms with E-state index in [0.717, 1.165) is 0 Å². The van der Waals surface area contributed by atoms with Gasteiger partial charge in [0, 0.05) is 0 Å². The number of aromatic hydroxyl groups is 1. The van der Waals surface area contributed by atoms with Crippen molar-refractivity contribution in [2.45, 2.75) is 0 Å². The molecule has 0 fully saturated rings. The fraction of sp³-hybridized carbons (Fsp3) is 0. The third kappa shape index (κ3) is 18.2. The molecule has 74 valence electrons. The van der Waals surface area contributed by atoms with Crippen LogP contribution in [0.3, 0.4) is 0 Å². The summed E-state index contributed by atoms with van der Waals surface area (Å²) in [4.78, 5) is 29.7. The van der Waals surface area contributed by atoms with Crippen LogP contribution in [-0.4, -0.2) is 26.6 Å². The van der Waals surface area contributed by atoms with Crippen molar-refractivity contribution < 1.29 is 24.6 Å². The van der Waals surface area contributed by atoms with Crippen LogP contribution in [0.15, 0.2) is 30.3 Å². The van der Waals surface area contributed by atoms with Crippen LogP contribution < -0.4 is 0 Å². The lowest BCUT2D eigenvalue weighted by molar-refractivity contribution is -0.0979. The van der Waals surface area contributed by atoms with Crippen molar-refractivity contribution in [2.24, 2.45) is 0 Å². The summed E-state index contributed by atoms with van der Waals surface area (Å²) in [6.07, 6.45) is 0. The summed E-state index contributed by atoms with van der Waals surface area (Å²) < 4.78 is 0. The first-order valence-electron chi connectivity index (χ1n) is 3.02. The molecule has 0 aliphatic rings. The smallest absolute Gasteiger partial charge is 0.324 e. The Balaban J connectivity index is 0. The van der Waals surface area contributed by atoms with Crippen LogP contribution in [0.1, 0.15) is 0 Å². The minimum absolute atomic E-state index is 0.322. The Kier molecular flexibility index (Phi) is 12.3. The molecule has 1 aromatic carbocycles. The molecular formula is C7H11O5P. The summed E-state index contributed by atoms with van der Waals surface area (Å²) in [5, 5.41) is 8.63. The Labute approximate surface area is 76.9 Å². The van der Waals surface area contributed by atoms with Gasteiger partial charge in [-0.3, -0.25) is 0 Å². The van der Waals surface area contributed by atoms with Gasteiger partial charge in [-0.15, -0.1) is 0 Å². The highest BCUT2D eigenvalue weighted by atomic mass is 31.2. The number of para-hydroxylation sites is 1. The Morgan fingerprint density at radius 2 is 1.31 bits per heavy atom. The molecule has 0 heterocycles. The maximum atomic E-state index is 8.63. The number of hydrogen-bond acceptors (Lipinski definition) is 5. The van der Waals surface area contributed by atoms with E-state index < -0.39 is 8.60 Å². The van der Waals surface area contributed by atoms with Crippen LogP contribution in [0.25, 0.3) is 0 Å². The second kappa shape index (κ2) is 11.0. The average Bonchev–Trinajstić information content (AvgIpc) is 2.08. The van der Waals surface area contributed by atoms with Crippen molar-refractivity contribution in [1.82, 2.24) is 0 Å². The Bertz CT molecular complexity index is 189. The molecule has 0 atom stereocenters. The Hall–Kier alpha value is -1.00. The highest BCUT2D eigenvalue weighted by Crippen LogP contribution is 2.11. The van der Waals surface area contributed by atoms with Crippen molar-refractivity contribution in [3.05, 3.63) is 30.3 Å². The van der Waals surface area contributed by atoms with Gasteiger partial charge in [-0.25, -0.2) is 0 Å². The lowest BCUT2D eigenvalue weighted by Gasteiger charge is -1.82. The van der Waals surface area contributed by atoms with Crippen LogP contribution in [0.4, 0.5) is 0 Å². The van der Waals surface area contributed by atoms with Gasteiger partial charge in [0.05, 0.1) is 0 Å². The molecule has 0 radical (unpaired) electrons.